The molecule has 0 N–H and O–H groups in total. The highest BCUT2D eigenvalue weighted by Gasteiger charge is 2.51. The van der Waals surface area contributed by atoms with Gasteiger partial charge in [-0.2, -0.15) is 0 Å². The second kappa shape index (κ2) is 5.52. The van der Waals surface area contributed by atoms with Gasteiger partial charge in [0, 0.05) is 16.9 Å². The summed E-state index contributed by atoms with van der Waals surface area (Å²) in [5.41, 5.74) is 1.30. The molecule has 0 saturated heterocycles. The van der Waals surface area contributed by atoms with Crippen LogP contribution in [0.15, 0.2) is 48.5 Å². The first-order valence-corrected chi connectivity index (χ1v) is 6.75. The molecule has 0 amide bonds. The zero-order chi connectivity index (χ0) is 14.8. The lowest BCUT2D eigenvalue weighted by Crippen LogP contribution is -2.06. The van der Waals surface area contributed by atoms with Gasteiger partial charge in [0.25, 0.3) is 0 Å². The van der Waals surface area contributed by atoms with Crippen LogP contribution in [0.3, 0.4) is 0 Å². The Bertz CT molecular complexity index is 660. The Balaban J connectivity index is 1.79. The maximum absolute atomic E-state index is 14.0. The van der Waals surface area contributed by atoms with Crippen molar-refractivity contribution < 1.29 is 14.1 Å². The van der Waals surface area contributed by atoms with E-state index in [-0.39, 0.29) is 10.8 Å². The van der Waals surface area contributed by atoms with Crippen molar-refractivity contribution in [2.45, 2.75) is 25.0 Å². The second-order valence-electron chi connectivity index (χ2n) is 5.12. The fraction of sp³-hybridized carbons (Fsp3) is 0.250. The number of hydrogen-bond acceptors (Lipinski definition) is 3. The van der Waals surface area contributed by atoms with Gasteiger partial charge in [0.1, 0.15) is 18.2 Å². The molecule has 1 aliphatic rings. The van der Waals surface area contributed by atoms with Gasteiger partial charge in [-0.3, -0.25) is 10.1 Å². The molecule has 0 aliphatic heterocycles. The zero-order valence-corrected chi connectivity index (χ0v) is 11.2. The monoisotopic (exact) mass is 287 g/mol. The van der Waals surface area contributed by atoms with E-state index >= 15 is 0 Å². The standard InChI is InChI=1S/C16H14FNO3/c17-13-7-4-8-15(16(13)12-9-14(12)18(19)20)21-10-11-5-2-1-3-6-11/h1-8,12,14H,9-10H2. The topological polar surface area (TPSA) is 52.4 Å². The summed E-state index contributed by atoms with van der Waals surface area (Å²) in [7, 11) is 0. The van der Waals surface area contributed by atoms with Crippen LogP contribution >= 0.6 is 0 Å². The summed E-state index contributed by atoms with van der Waals surface area (Å²) < 4.78 is 19.7. The molecule has 2 unspecified atom stereocenters. The summed E-state index contributed by atoms with van der Waals surface area (Å²) >= 11 is 0. The minimum absolute atomic E-state index is 0.313. The summed E-state index contributed by atoms with van der Waals surface area (Å²) in [6.45, 7) is 0.313. The van der Waals surface area contributed by atoms with E-state index in [4.69, 9.17) is 4.74 Å². The predicted molar refractivity (Wildman–Crippen MR) is 75.3 cm³/mol. The molecule has 1 aliphatic carbocycles. The Morgan fingerprint density at radius 1 is 1.19 bits per heavy atom. The van der Waals surface area contributed by atoms with Crippen LogP contribution in [0.4, 0.5) is 4.39 Å². The van der Waals surface area contributed by atoms with E-state index < -0.39 is 11.9 Å². The van der Waals surface area contributed by atoms with Crippen LogP contribution in [-0.2, 0) is 6.61 Å². The number of halogens is 1. The van der Waals surface area contributed by atoms with E-state index in [0.717, 1.165) is 5.56 Å². The smallest absolute Gasteiger partial charge is 0.221 e. The van der Waals surface area contributed by atoms with E-state index in [1.807, 2.05) is 30.3 Å². The van der Waals surface area contributed by atoms with Gasteiger partial charge in [0.05, 0.1) is 5.92 Å². The molecular weight excluding hydrogens is 273 g/mol. The Hall–Kier alpha value is -2.43. The van der Waals surface area contributed by atoms with Crippen LogP contribution in [0.25, 0.3) is 0 Å². The molecule has 1 fully saturated rings. The second-order valence-corrected chi connectivity index (χ2v) is 5.12. The molecule has 0 heterocycles. The summed E-state index contributed by atoms with van der Waals surface area (Å²) in [5.74, 6) is -0.421. The highest BCUT2D eigenvalue weighted by molar-refractivity contribution is 5.41. The van der Waals surface area contributed by atoms with Gasteiger partial charge in [-0.1, -0.05) is 36.4 Å². The average molecular weight is 287 g/mol. The maximum Gasteiger partial charge on any atom is 0.221 e. The summed E-state index contributed by atoms with van der Waals surface area (Å²) in [6, 6.07) is 13.4. The molecule has 4 nitrogen and oxygen atoms in total. The average Bonchev–Trinajstić information content (AvgIpc) is 3.26. The highest BCUT2D eigenvalue weighted by Crippen LogP contribution is 2.47. The molecule has 108 valence electrons. The molecule has 0 aromatic heterocycles. The van der Waals surface area contributed by atoms with Crippen LogP contribution in [-0.4, -0.2) is 11.0 Å². The number of benzene rings is 2. The SMILES string of the molecule is O=[N+]([O-])C1CC1c1c(F)cccc1OCc1ccccc1. The summed E-state index contributed by atoms with van der Waals surface area (Å²) in [6.07, 6.45) is 0.371. The number of hydrogen-bond donors (Lipinski definition) is 0. The molecule has 0 spiro atoms. The molecule has 1 saturated carbocycles. The summed E-state index contributed by atoms with van der Waals surface area (Å²) in [4.78, 5) is 10.4. The number of ether oxygens (including phenoxy) is 1. The van der Waals surface area contributed by atoms with E-state index in [9.17, 15) is 14.5 Å². The van der Waals surface area contributed by atoms with E-state index in [2.05, 4.69) is 0 Å². The Morgan fingerprint density at radius 3 is 2.62 bits per heavy atom. The molecule has 5 heteroatoms. The third-order valence-corrected chi connectivity index (χ3v) is 3.65. The molecule has 0 bridgehead atoms. The van der Waals surface area contributed by atoms with Gasteiger partial charge in [-0.05, 0) is 17.7 Å². The van der Waals surface area contributed by atoms with Crippen LogP contribution in [0, 0.1) is 15.9 Å². The van der Waals surface area contributed by atoms with Gasteiger partial charge in [-0.25, -0.2) is 4.39 Å². The number of nitro groups is 1. The normalized spacial score (nSPS) is 20.0. The van der Waals surface area contributed by atoms with Crippen molar-refractivity contribution in [3.05, 3.63) is 75.6 Å². The first-order chi connectivity index (χ1) is 10.2. The Labute approximate surface area is 121 Å². The van der Waals surface area contributed by atoms with Crippen LogP contribution in [0.5, 0.6) is 5.75 Å². The van der Waals surface area contributed by atoms with Crippen LogP contribution in [0.1, 0.15) is 23.5 Å². The van der Waals surface area contributed by atoms with Crippen LogP contribution < -0.4 is 4.74 Å². The van der Waals surface area contributed by atoms with Gasteiger partial charge >= 0.3 is 0 Å². The lowest BCUT2D eigenvalue weighted by Gasteiger charge is -2.11. The van der Waals surface area contributed by atoms with Gasteiger partial charge in [0.15, 0.2) is 0 Å². The Morgan fingerprint density at radius 2 is 1.95 bits per heavy atom. The predicted octanol–water partition coefficient (Wildman–Crippen LogP) is 3.54. The zero-order valence-electron chi connectivity index (χ0n) is 11.2. The van der Waals surface area contributed by atoms with E-state index in [0.29, 0.717) is 24.3 Å². The fourth-order valence-electron chi connectivity index (χ4n) is 2.46. The lowest BCUT2D eigenvalue weighted by molar-refractivity contribution is -0.496. The number of nitrogens with zero attached hydrogens (tertiary/aromatic N) is 1. The van der Waals surface area contributed by atoms with Gasteiger partial charge < -0.3 is 4.74 Å². The Kier molecular flexibility index (Phi) is 3.56. The summed E-state index contributed by atoms with van der Waals surface area (Å²) in [5, 5.41) is 10.8. The first kappa shape index (κ1) is 13.5. The van der Waals surface area contributed by atoms with Crippen molar-refractivity contribution in [3.8, 4) is 5.75 Å². The minimum atomic E-state index is -0.694. The third kappa shape index (κ3) is 2.86. The first-order valence-electron chi connectivity index (χ1n) is 6.75. The minimum Gasteiger partial charge on any atom is -0.489 e. The fourth-order valence-corrected chi connectivity index (χ4v) is 2.46. The lowest BCUT2D eigenvalue weighted by atomic mass is 10.1. The van der Waals surface area contributed by atoms with Crippen molar-refractivity contribution in [2.24, 2.45) is 0 Å². The van der Waals surface area contributed by atoms with E-state index in [1.165, 1.54) is 6.07 Å². The molecular formula is C16H14FNO3. The molecule has 3 rings (SSSR count). The van der Waals surface area contributed by atoms with Gasteiger partial charge in [0.2, 0.25) is 6.04 Å². The van der Waals surface area contributed by atoms with Gasteiger partial charge in [-0.15, -0.1) is 0 Å². The number of rotatable bonds is 5. The van der Waals surface area contributed by atoms with Crippen molar-refractivity contribution in [2.75, 3.05) is 0 Å². The quantitative estimate of drug-likeness (QED) is 0.624. The molecule has 2 aromatic carbocycles. The van der Waals surface area contributed by atoms with Crippen LogP contribution in [0.2, 0.25) is 0 Å². The third-order valence-electron chi connectivity index (χ3n) is 3.65. The van der Waals surface area contributed by atoms with Crippen molar-refractivity contribution in [3.63, 3.8) is 0 Å². The molecule has 2 atom stereocenters. The molecule has 21 heavy (non-hydrogen) atoms. The van der Waals surface area contributed by atoms with Crippen molar-refractivity contribution in [1.82, 2.24) is 0 Å². The maximum atomic E-state index is 14.0. The largest absolute Gasteiger partial charge is 0.489 e. The molecule has 0 radical (unpaired) electrons. The van der Waals surface area contributed by atoms with Crippen molar-refractivity contribution in [1.29, 1.82) is 0 Å². The molecule has 2 aromatic rings. The highest BCUT2D eigenvalue weighted by atomic mass is 19.1. The van der Waals surface area contributed by atoms with Crippen molar-refractivity contribution >= 4 is 0 Å². The van der Waals surface area contributed by atoms with E-state index in [1.54, 1.807) is 12.1 Å².